The third-order valence-corrected chi connectivity index (χ3v) is 4.70. The smallest absolute Gasteiger partial charge is 0.0558 e. The van der Waals surface area contributed by atoms with Gasteiger partial charge in [0.1, 0.15) is 0 Å². The number of β-amino-alcohol motifs (C(OH)–C–C–N with tert-alkyl or cyclic N) is 1. The minimum Gasteiger partial charge on any atom is -0.395 e. The molecule has 6 heteroatoms. The minimum atomic E-state index is 0. The Kier molecular flexibility index (Phi) is 9.80. The first-order valence-corrected chi connectivity index (χ1v) is 8.53. The molecule has 1 heterocycles. The van der Waals surface area contributed by atoms with Crippen molar-refractivity contribution in [2.24, 2.45) is 0 Å². The number of hydrogen-bond acceptors (Lipinski definition) is 3. The van der Waals surface area contributed by atoms with E-state index in [1.165, 1.54) is 16.7 Å². The van der Waals surface area contributed by atoms with Gasteiger partial charge in [0.2, 0.25) is 0 Å². The lowest BCUT2D eigenvalue weighted by atomic mass is 9.99. The summed E-state index contributed by atoms with van der Waals surface area (Å²) < 4.78 is 0. The highest BCUT2D eigenvalue weighted by molar-refractivity contribution is 6.30. The predicted molar refractivity (Wildman–Crippen MR) is 110 cm³/mol. The summed E-state index contributed by atoms with van der Waals surface area (Å²) in [6, 6.07) is 16.7. The molecule has 1 fully saturated rings. The lowest BCUT2D eigenvalue weighted by Crippen LogP contribution is -2.46. The largest absolute Gasteiger partial charge is 0.395 e. The predicted octanol–water partition coefficient (Wildman–Crippen LogP) is 3.96. The van der Waals surface area contributed by atoms with Crippen LogP contribution in [0.4, 0.5) is 0 Å². The Bertz CT molecular complexity index is 629. The molecule has 1 saturated heterocycles. The van der Waals surface area contributed by atoms with Crippen LogP contribution in [-0.4, -0.2) is 54.2 Å². The Balaban J connectivity index is 0.00000156. The van der Waals surface area contributed by atoms with E-state index in [2.05, 4.69) is 46.2 Å². The molecule has 0 radical (unpaired) electrons. The van der Waals surface area contributed by atoms with Crippen LogP contribution >= 0.6 is 36.4 Å². The number of piperazine rings is 1. The van der Waals surface area contributed by atoms with Crippen LogP contribution in [0.25, 0.3) is 11.1 Å². The average Bonchev–Trinajstić information content (AvgIpc) is 2.58. The van der Waals surface area contributed by atoms with Crippen LogP contribution in [0.5, 0.6) is 0 Å². The number of aliphatic hydroxyl groups excluding tert-OH is 1. The normalized spacial score (nSPS) is 15.3. The van der Waals surface area contributed by atoms with Gasteiger partial charge in [-0.1, -0.05) is 48.0 Å². The maximum atomic E-state index is 9.04. The van der Waals surface area contributed by atoms with E-state index in [1.54, 1.807) is 0 Å². The molecule has 2 aromatic carbocycles. The second-order valence-corrected chi connectivity index (χ2v) is 6.44. The molecule has 2 aromatic rings. The average molecular weight is 404 g/mol. The minimum absolute atomic E-state index is 0. The zero-order chi connectivity index (χ0) is 16.1. The first-order valence-electron chi connectivity index (χ1n) is 8.15. The maximum Gasteiger partial charge on any atom is 0.0558 e. The molecule has 25 heavy (non-hydrogen) atoms. The summed E-state index contributed by atoms with van der Waals surface area (Å²) in [5, 5.41) is 9.81. The third-order valence-electron chi connectivity index (χ3n) is 4.45. The van der Waals surface area contributed by atoms with Crippen molar-refractivity contribution >= 4 is 36.4 Å². The van der Waals surface area contributed by atoms with Crippen molar-refractivity contribution in [2.75, 3.05) is 39.3 Å². The van der Waals surface area contributed by atoms with Crippen molar-refractivity contribution in [3.8, 4) is 11.1 Å². The molecule has 0 aliphatic carbocycles. The quantitative estimate of drug-likeness (QED) is 0.818. The van der Waals surface area contributed by atoms with Crippen LogP contribution in [0.15, 0.2) is 48.5 Å². The van der Waals surface area contributed by atoms with E-state index < -0.39 is 0 Å². The van der Waals surface area contributed by atoms with Gasteiger partial charge in [0, 0.05) is 44.3 Å². The van der Waals surface area contributed by atoms with Gasteiger partial charge in [-0.3, -0.25) is 9.80 Å². The number of benzene rings is 2. The molecule has 3 rings (SSSR count). The van der Waals surface area contributed by atoms with E-state index in [9.17, 15) is 0 Å². The van der Waals surface area contributed by atoms with Gasteiger partial charge in [0.15, 0.2) is 0 Å². The summed E-state index contributed by atoms with van der Waals surface area (Å²) in [5.74, 6) is 0. The van der Waals surface area contributed by atoms with Gasteiger partial charge in [-0.05, 0) is 28.8 Å². The number of aliphatic hydroxyl groups is 1. The van der Waals surface area contributed by atoms with E-state index in [0.29, 0.717) is 0 Å². The number of halogens is 3. The van der Waals surface area contributed by atoms with Crippen molar-refractivity contribution in [1.82, 2.24) is 9.80 Å². The monoisotopic (exact) mass is 402 g/mol. The van der Waals surface area contributed by atoms with Gasteiger partial charge in [-0.25, -0.2) is 0 Å². The number of rotatable bonds is 5. The van der Waals surface area contributed by atoms with Crippen LogP contribution < -0.4 is 0 Å². The molecule has 0 bridgehead atoms. The fourth-order valence-electron chi connectivity index (χ4n) is 3.12. The molecule has 0 atom stereocenters. The van der Waals surface area contributed by atoms with Crippen LogP contribution in [0.1, 0.15) is 5.56 Å². The van der Waals surface area contributed by atoms with E-state index in [0.717, 1.165) is 44.3 Å². The van der Waals surface area contributed by atoms with Gasteiger partial charge >= 0.3 is 0 Å². The third kappa shape index (κ3) is 6.14. The highest BCUT2D eigenvalue weighted by Gasteiger charge is 2.17. The molecule has 1 aliphatic heterocycles. The van der Waals surface area contributed by atoms with Crippen LogP contribution in [0.2, 0.25) is 5.02 Å². The Labute approximate surface area is 167 Å². The van der Waals surface area contributed by atoms with Crippen molar-refractivity contribution in [2.45, 2.75) is 6.54 Å². The fourth-order valence-corrected chi connectivity index (χ4v) is 3.25. The molecular weight excluding hydrogens is 379 g/mol. The lowest BCUT2D eigenvalue weighted by molar-refractivity contribution is 0.108. The summed E-state index contributed by atoms with van der Waals surface area (Å²) in [6.07, 6.45) is 0. The Morgan fingerprint density at radius 2 is 1.44 bits per heavy atom. The van der Waals surface area contributed by atoms with Crippen molar-refractivity contribution in [3.63, 3.8) is 0 Å². The zero-order valence-corrected chi connectivity index (χ0v) is 16.5. The molecule has 0 spiro atoms. The van der Waals surface area contributed by atoms with Crippen LogP contribution in [-0.2, 0) is 6.54 Å². The summed E-state index contributed by atoms with van der Waals surface area (Å²) in [6.45, 7) is 6.16. The van der Waals surface area contributed by atoms with Crippen LogP contribution in [0, 0.1) is 0 Å². The van der Waals surface area contributed by atoms with E-state index >= 15 is 0 Å². The molecule has 0 aromatic heterocycles. The van der Waals surface area contributed by atoms with Gasteiger partial charge in [-0.15, -0.1) is 24.8 Å². The Morgan fingerprint density at radius 3 is 2.08 bits per heavy atom. The van der Waals surface area contributed by atoms with E-state index in [1.807, 2.05) is 12.1 Å². The van der Waals surface area contributed by atoms with E-state index in [-0.39, 0.29) is 31.4 Å². The molecule has 138 valence electrons. The summed E-state index contributed by atoms with van der Waals surface area (Å²) in [7, 11) is 0. The van der Waals surface area contributed by atoms with E-state index in [4.69, 9.17) is 16.7 Å². The van der Waals surface area contributed by atoms with Gasteiger partial charge in [0.25, 0.3) is 0 Å². The number of nitrogens with zero attached hydrogens (tertiary/aromatic N) is 2. The standard InChI is InChI=1S/C19H23ClN2O.2ClH/c20-18-7-5-16(6-8-18)19-4-2-1-3-17(19)15-22-11-9-21(10-12-22)13-14-23;;/h1-8,23H,9-15H2;2*1H. The molecular formula is C19H25Cl3N2O. The maximum absolute atomic E-state index is 9.04. The molecule has 0 saturated carbocycles. The molecule has 0 amide bonds. The van der Waals surface area contributed by atoms with Gasteiger partial charge < -0.3 is 5.11 Å². The second kappa shape index (κ2) is 11.0. The second-order valence-electron chi connectivity index (χ2n) is 6.01. The first-order chi connectivity index (χ1) is 11.3. The summed E-state index contributed by atoms with van der Waals surface area (Å²) in [4.78, 5) is 4.81. The highest BCUT2D eigenvalue weighted by atomic mass is 35.5. The summed E-state index contributed by atoms with van der Waals surface area (Å²) >= 11 is 6.00. The topological polar surface area (TPSA) is 26.7 Å². The molecule has 1 N–H and O–H groups in total. The van der Waals surface area contributed by atoms with Gasteiger partial charge in [0.05, 0.1) is 6.61 Å². The van der Waals surface area contributed by atoms with Crippen molar-refractivity contribution < 1.29 is 5.11 Å². The zero-order valence-electron chi connectivity index (χ0n) is 14.1. The number of hydrogen-bond donors (Lipinski definition) is 1. The molecule has 1 aliphatic rings. The van der Waals surface area contributed by atoms with Gasteiger partial charge in [-0.2, -0.15) is 0 Å². The van der Waals surface area contributed by atoms with Crippen molar-refractivity contribution in [3.05, 3.63) is 59.1 Å². The fraction of sp³-hybridized carbons (Fsp3) is 0.368. The van der Waals surface area contributed by atoms with Crippen LogP contribution in [0.3, 0.4) is 0 Å². The SMILES string of the molecule is Cl.Cl.OCCN1CCN(Cc2ccccc2-c2ccc(Cl)cc2)CC1. The summed E-state index contributed by atoms with van der Waals surface area (Å²) in [5.41, 5.74) is 3.84. The molecule has 0 unspecified atom stereocenters. The highest BCUT2D eigenvalue weighted by Crippen LogP contribution is 2.26. The first kappa shape index (κ1) is 22.2. The molecule has 3 nitrogen and oxygen atoms in total. The Hall–Kier alpha value is -0.810. The lowest BCUT2D eigenvalue weighted by Gasteiger charge is -2.34. The van der Waals surface area contributed by atoms with Crippen molar-refractivity contribution in [1.29, 1.82) is 0 Å². The Morgan fingerprint density at radius 1 is 0.840 bits per heavy atom.